The number of amides is 2. The van der Waals surface area contributed by atoms with Crippen molar-refractivity contribution in [2.24, 2.45) is 5.92 Å². The van der Waals surface area contributed by atoms with E-state index < -0.39 is 12.0 Å². The third kappa shape index (κ3) is 3.54. The second kappa shape index (κ2) is 6.87. The van der Waals surface area contributed by atoms with Crippen molar-refractivity contribution in [3.05, 3.63) is 0 Å². The Morgan fingerprint density at radius 1 is 1.50 bits per heavy atom. The minimum Gasteiger partial charge on any atom is -0.480 e. The molecule has 0 aromatic carbocycles. The Bertz CT molecular complexity index is 312. The maximum absolute atomic E-state index is 12.2. The third-order valence-electron chi connectivity index (χ3n) is 3.39. The summed E-state index contributed by atoms with van der Waals surface area (Å²) in [4.78, 5) is 26.7. The minimum atomic E-state index is -0.895. The van der Waals surface area contributed by atoms with Crippen LogP contribution in [0.1, 0.15) is 19.8 Å². The van der Waals surface area contributed by atoms with Gasteiger partial charge in [-0.15, -0.1) is 0 Å². The first-order chi connectivity index (χ1) is 8.49. The Balaban J connectivity index is 2.71. The Morgan fingerprint density at radius 3 is 2.72 bits per heavy atom. The molecule has 0 aromatic rings. The molecule has 1 heterocycles. The fraction of sp³-hybridized carbons (Fsp3) is 0.833. The van der Waals surface area contributed by atoms with Gasteiger partial charge in [0.1, 0.15) is 6.04 Å². The lowest BCUT2D eigenvalue weighted by molar-refractivity contribution is -0.145. The molecule has 0 aromatic heterocycles. The maximum atomic E-state index is 12.2. The molecule has 2 atom stereocenters. The van der Waals surface area contributed by atoms with Crippen LogP contribution in [0.3, 0.4) is 0 Å². The van der Waals surface area contributed by atoms with Gasteiger partial charge in [-0.2, -0.15) is 11.8 Å². The van der Waals surface area contributed by atoms with E-state index in [1.165, 1.54) is 4.90 Å². The fourth-order valence-electron chi connectivity index (χ4n) is 2.32. The van der Waals surface area contributed by atoms with Gasteiger partial charge < -0.3 is 14.9 Å². The molecule has 1 N–H and O–H groups in total. The zero-order valence-corrected chi connectivity index (χ0v) is 12.1. The second-order valence-electron chi connectivity index (χ2n) is 4.79. The second-order valence-corrected chi connectivity index (χ2v) is 5.78. The Morgan fingerprint density at radius 2 is 2.17 bits per heavy atom. The standard InChI is InChI=1S/C12H22N2O3S/c1-9-5-4-6-14(10(9)11(15)16)12(17)13(2)7-8-18-3/h9-10H,4-8H2,1-3H3,(H,15,16). The monoisotopic (exact) mass is 274 g/mol. The Labute approximate surface area is 113 Å². The molecule has 2 amide bonds. The minimum absolute atomic E-state index is 0.0224. The molecule has 2 unspecified atom stereocenters. The fourth-order valence-corrected chi connectivity index (χ4v) is 2.78. The SMILES string of the molecule is CSCCN(C)C(=O)N1CCCC(C)C1C(=O)O. The molecule has 6 heteroatoms. The number of likely N-dealkylation sites (tertiary alicyclic amines) is 1. The first-order valence-electron chi connectivity index (χ1n) is 6.22. The first kappa shape index (κ1) is 15.1. The number of aliphatic carboxylic acids is 1. The van der Waals surface area contributed by atoms with Gasteiger partial charge >= 0.3 is 12.0 Å². The quantitative estimate of drug-likeness (QED) is 0.845. The molecule has 1 saturated heterocycles. The van der Waals surface area contributed by atoms with Crippen LogP contribution in [-0.4, -0.2) is 65.1 Å². The van der Waals surface area contributed by atoms with Crippen LogP contribution in [0.25, 0.3) is 0 Å². The van der Waals surface area contributed by atoms with Crippen LogP contribution < -0.4 is 0 Å². The van der Waals surface area contributed by atoms with Gasteiger partial charge in [0, 0.05) is 25.9 Å². The third-order valence-corrected chi connectivity index (χ3v) is 3.98. The summed E-state index contributed by atoms with van der Waals surface area (Å²) in [5.41, 5.74) is 0. The molecule has 1 fully saturated rings. The lowest BCUT2D eigenvalue weighted by Gasteiger charge is -2.39. The van der Waals surface area contributed by atoms with Crippen LogP contribution in [0.2, 0.25) is 0 Å². The molecule has 1 aliphatic heterocycles. The molecule has 5 nitrogen and oxygen atoms in total. The van der Waals surface area contributed by atoms with Crippen molar-refractivity contribution in [3.8, 4) is 0 Å². The van der Waals surface area contributed by atoms with Crippen molar-refractivity contribution in [3.63, 3.8) is 0 Å². The van der Waals surface area contributed by atoms with E-state index in [9.17, 15) is 14.7 Å². The Kier molecular flexibility index (Phi) is 5.78. The summed E-state index contributed by atoms with van der Waals surface area (Å²) in [5, 5.41) is 9.27. The number of nitrogens with zero attached hydrogens (tertiary/aromatic N) is 2. The van der Waals surface area contributed by atoms with Crippen LogP contribution >= 0.6 is 11.8 Å². The van der Waals surface area contributed by atoms with Crippen LogP contribution in [0, 0.1) is 5.92 Å². The largest absolute Gasteiger partial charge is 0.480 e. The molecular weight excluding hydrogens is 252 g/mol. The van der Waals surface area contributed by atoms with E-state index >= 15 is 0 Å². The van der Waals surface area contributed by atoms with E-state index in [4.69, 9.17) is 0 Å². The number of urea groups is 1. The highest BCUT2D eigenvalue weighted by molar-refractivity contribution is 7.98. The highest BCUT2D eigenvalue weighted by Crippen LogP contribution is 2.24. The number of thioether (sulfide) groups is 1. The van der Waals surface area contributed by atoms with Crippen molar-refractivity contribution in [2.75, 3.05) is 32.1 Å². The molecule has 0 bridgehead atoms. The molecule has 1 rings (SSSR count). The number of carbonyl (C=O) groups is 2. The summed E-state index contributed by atoms with van der Waals surface area (Å²) in [5.74, 6) is -0.00780. The summed E-state index contributed by atoms with van der Waals surface area (Å²) in [6, 6.07) is -0.842. The van der Waals surface area contributed by atoms with Gasteiger partial charge in [-0.25, -0.2) is 9.59 Å². The smallest absolute Gasteiger partial charge is 0.326 e. The van der Waals surface area contributed by atoms with E-state index in [0.29, 0.717) is 13.1 Å². The van der Waals surface area contributed by atoms with Crippen LogP contribution in [0.5, 0.6) is 0 Å². The summed E-state index contributed by atoms with van der Waals surface area (Å²) < 4.78 is 0. The van der Waals surface area contributed by atoms with E-state index in [0.717, 1.165) is 18.6 Å². The molecular formula is C12H22N2O3S. The number of rotatable bonds is 4. The van der Waals surface area contributed by atoms with Gasteiger partial charge in [-0.3, -0.25) is 0 Å². The molecule has 0 saturated carbocycles. The van der Waals surface area contributed by atoms with E-state index in [1.807, 2.05) is 13.2 Å². The lowest BCUT2D eigenvalue weighted by Crippen LogP contribution is -2.55. The van der Waals surface area contributed by atoms with Gasteiger partial charge in [0.05, 0.1) is 0 Å². The summed E-state index contributed by atoms with van der Waals surface area (Å²) in [6.45, 7) is 3.10. The molecule has 1 aliphatic rings. The van der Waals surface area contributed by atoms with E-state index in [-0.39, 0.29) is 11.9 Å². The van der Waals surface area contributed by atoms with Crippen LogP contribution in [-0.2, 0) is 4.79 Å². The van der Waals surface area contributed by atoms with Crippen LogP contribution in [0.4, 0.5) is 4.79 Å². The van der Waals surface area contributed by atoms with Crippen molar-refractivity contribution in [1.29, 1.82) is 0 Å². The predicted molar refractivity (Wildman–Crippen MR) is 72.9 cm³/mol. The number of hydrogen-bond acceptors (Lipinski definition) is 3. The summed E-state index contributed by atoms with van der Waals surface area (Å²) in [6.07, 6.45) is 3.74. The molecule has 0 radical (unpaired) electrons. The number of hydrogen-bond donors (Lipinski definition) is 1. The van der Waals surface area contributed by atoms with Gasteiger partial charge in [0.25, 0.3) is 0 Å². The van der Waals surface area contributed by atoms with Crippen molar-refractivity contribution >= 4 is 23.8 Å². The average Bonchev–Trinajstić information content (AvgIpc) is 2.34. The van der Waals surface area contributed by atoms with Crippen molar-refractivity contribution < 1.29 is 14.7 Å². The van der Waals surface area contributed by atoms with Gasteiger partial charge in [-0.1, -0.05) is 6.92 Å². The number of carboxylic acid groups (broad SMARTS) is 1. The summed E-state index contributed by atoms with van der Waals surface area (Å²) in [7, 11) is 1.73. The number of piperidine rings is 1. The zero-order valence-electron chi connectivity index (χ0n) is 11.3. The topological polar surface area (TPSA) is 60.9 Å². The van der Waals surface area contributed by atoms with Crippen LogP contribution in [0.15, 0.2) is 0 Å². The number of carbonyl (C=O) groups excluding carboxylic acids is 1. The summed E-state index contributed by atoms with van der Waals surface area (Å²) >= 11 is 1.67. The maximum Gasteiger partial charge on any atom is 0.326 e. The molecule has 0 spiro atoms. The van der Waals surface area contributed by atoms with E-state index in [1.54, 1.807) is 23.7 Å². The normalized spacial score (nSPS) is 23.8. The van der Waals surface area contributed by atoms with Gasteiger partial charge in [0.15, 0.2) is 0 Å². The zero-order chi connectivity index (χ0) is 13.7. The Hall–Kier alpha value is -0.910. The number of carboxylic acids is 1. The predicted octanol–water partition coefficient (Wildman–Crippen LogP) is 1.59. The average molecular weight is 274 g/mol. The lowest BCUT2D eigenvalue weighted by atomic mass is 9.91. The highest BCUT2D eigenvalue weighted by atomic mass is 32.2. The van der Waals surface area contributed by atoms with Gasteiger partial charge in [0.2, 0.25) is 0 Å². The van der Waals surface area contributed by atoms with Gasteiger partial charge in [-0.05, 0) is 25.0 Å². The van der Waals surface area contributed by atoms with Crippen molar-refractivity contribution in [2.45, 2.75) is 25.8 Å². The molecule has 104 valence electrons. The highest BCUT2D eigenvalue weighted by Gasteiger charge is 2.37. The van der Waals surface area contributed by atoms with E-state index in [2.05, 4.69) is 0 Å². The molecule has 0 aliphatic carbocycles. The van der Waals surface area contributed by atoms with Crippen molar-refractivity contribution in [1.82, 2.24) is 9.80 Å². The first-order valence-corrected chi connectivity index (χ1v) is 7.62. The molecule has 18 heavy (non-hydrogen) atoms.